The minimum atomic E-state index is -0.416. The number of hydrogen-bond acceptors (Lipinski definition) is 4. The Morgan fingerprint density at radius 3 is 2.39 bits per heavy atom. The van der Waals surface area contributed by atoms with E-state index in [4.69, 9.17) is 4.74 Å². The van der Waals surface area contributed by atoms with Crippen molar-refractivity contribution < 1.29 is 19.1 Å². The number of carbonyl (C=O) groups is 2. The summed E-state index contributed by atoms with van der Waals surface area (Å²) in [6.07, 6.45) is 0.866. The van der Waals surface area contributed by atoms with Crippen LogP contribution in [-0.4, -0.2) is 25.6 Å². The molecule has 0 unspecified atom stereocenters. The van der Waals surface area contributed by atoms with E-state index in [9.17, 15) is 9.59 Å². The summed E-state index contributed by atoms with van der Waals surface area (Å²) >= 11 is 0. The lowest BCUT2D eigenvalue weighted by atomic mass is 10.1. The van der Waals surface area contributed by atoms with E-state index in [-0.39, 0.29) is 5.91 Å². The summed E-state index contributed by atoms with van der Waals surface area (Å²) in [7, 11) is 1.32. The molecule has 2 aromatic rings. The molecule has 2 aromatic carbocycles. The summed E-state index contributed by atoms with van der Waals surface area (Å²) in [6.45, 7) is 2.56. The zero-order chi connectivity index (χ0) is 16.7. The van der Waals surface area contributed by atoms with Crippen molar-refractivity contribution in [2.45, 2.75) is 13.3 Å². The Morgan fingerprint density at radius 2 is 1.74 bits per heavy atom. The number of para-hydroxylation sites is 1. The number of hydrogen-bond donors (Lipinski definition) is 1. The average molecular weight is 313 g/mol. The predicted molar refractivity (Wildman–Crippen MR) is 88.0 cm³/mol. The number of methoxy groups -OCH3 is 1. The molecule has 0 bridgehead atoms. The van der Waals surface area contributed by atoms with Crippen molar-refractivity contribution in [1.82, 2.24) is 0 Å². The Kier molecular flexibility index (Phi) is 5.74. The van der Waals surface area contributed by atoms with E-state index in [2.05, 4.69) is 10.1 Å². The van der Waals surface area contributed by atoms with Gasteiger partial charge >= 0.3 is 5.97 Å². The molecule has 0 aliphatic heterocycles. The average Bonchev–Trinajstić information content (AvgIpc) is 2.60. The first-order valence-electron chi connectivity index (χ1n) is 7.37. The van der Waals surface area contributed by atoms with Gasteiger partial charge in [-0.25, -0.2) is 4.79 Å². The Balaban J connectivity index is 2.11. The van der Waals surface area contributed by atoms with E-state index in [0.717, 1.165) is 6.42 Å². The fourth-order valence-corrected chi connectivity index (χ4v) is 2.00. The van der Waals surface area contributed by atoms with E-state index in [1.54, 1.807) is 42.5 Å². The van der Waals surface area contributed by atoms with Crippen LogP contribution in [0, 0.1) is 0 Å². The smallest absolute Gasteiger partial charge is 0.337 e. The van der Waals surface area contributed by atoms with Crippen molar-refractivity contribution >= 4 is 17.6 Å². The molecule has 120 valence electrons. The zero-order valence-corrected chi connectivity index (χ0v) is 13.2. The molecule has 2 rings (SSSR count). The van der Waals surface area contributed by atoms with Crippen LogP contribution in [0.15, 0.2) is 48.5 Å². The lowest BCUT2D eigenvalue weighted by molar-refractivity contribution is 0.0600. The molecule has 0 aromatic heterocycles. The monoisotopic (exact) mass is 313 g/mol. The summed E-state index contributed by atoms with van der Waals surface area (Å²) in [5, 5.41) is 2.79. The number of carbonyl (C=O) groups excluding carboxylic acids is 2. The summed E-state index contributed by atoms with van der Waals surface area (Å²) in [6, 6.07) is 13.6. The molecule has 0 aliphatic rings. The molecule has 5 nitrogen and oxygen atoms in total. The van der Waals surface area contributed by atoms with Crippen LogP contribution in [0.3, 0.4) is 0 Å². The van der Waals surface area contributed by atoms with E-state index in [1.807, 2.05) is 13.0 Å². The molecule has 0 spiro atoms. The standard InChI is InChI=1S/C18H19NO4/c1-3-12-23-16-7-5-4-6-15(16)17(20)19-14-10-8-13(9-11-14)18(21)22-2/h4-11H,3,12H2,1-2H3,(H,19,20). The SMILES string of the molecule is CCCOc1ccccc1C(=O)Nc1ccc(C(=O)OC)cc1. The molecular weight excluding hydrogens is 294 g/mol. The van der Waals surface area contributed by atoms with Gasteiger partial charge in [0.15, 0.2) is 0 Å². The first kappa shape index (κ1) is 16.5. The number of esters is 1. The van der Waals surface area contributed by atoms with Gasteiger partial charge in [-0.3, -0.25) is 4.79 Å². The molecule has 1 amide bonds. The highest BCUT2D eigenvalue weighted by molar-refractivity contribution is 6.06. The van der Waals surface area contributed by atoms with Gasteiger partial charge in [-0.05, 0) is 42.8 Å². The van der Waals surface area contributed by atoms with Crippen LogP contribution in [0.4, 0.5) is 5.69 Å². The van der Waals surface area contributed by atoms with Crippen molar-refractivity contribution in [3.8, 4) is 5.75 Å². The fourth-order valence-electron chi connectivity index (χ4n) is 2.00. The van der Waals surface area contributed by atoms with Crippen molar-refractivity contribution in [2.24, 2.45) is 0 Å². The van der Waals surface area contributed by atoms with Crippen LogP contribution in [0.2, 0.25) is 0 Å². The third kappa shape index (κ3) is 4.32. The van der Waals surface area contributed by atoms with Crippen LogP contribution in [0.5, 0.6) is 5.75 Å². The summed E-state index contributed by atoms with van der Waals surface area (Å²) in [5.74, 6) is -0.123. The number of anilines is 1. The van der Waals surface area contributed by atoms with E-state index in [1.165, 1.54) is 7.11 Å². The van der Waals surface area contributed by atoms with Gasteiger partial charge in [0.25, 0.3) is 5.91 Å². The number of rotatable bonds is 6. The minimum absolute atomic E-state index is 0.262. The van der Waals surface area contributed by atoms with Gasteiger partial charge in [-0.1, -0.05) is 19.1 Å². The molecule has 0 saturated carbocycles. The van der Waals surface area contributed by atoms with Crippen LogP contribution in [0.1, 0.15) is 34.1 Å². The Morgan fingerprint density at radius 1 is 1.04 bits per heavy atom. The second kappa shape index (κ2) is 7.98. The first-order valence-corrected chi connectivity index (χ1v) is 7.37. The maximum absolute atomic E-state index is 12.4. The fraction of sp³-hybridized carbons (Fsp3) is 0.222. The number of benzene rings is 2. The molecule has 23 heavy (non-hydrogen) atoms. The summed E-state index contributed by atoms with van der Waals surface area (Å²) < 4.78 is 10.2. The van der Waals surface area contributed by atoms with Gasteiger partial charge in [0.2, 0.25) is 0 Å². The van der Waals surface area contributed by atoms with Gasteiger partial charge < -0.3 is 14.8 Å². The van der Waals surface area contributed by atoms with Gasteiger partial charge in [-0.15, -0.1) is 0 Å². The Hall–Kier alpha value is -2.82. The summed E-state index contributed by atoms with van der Waals surface area (Å²) in [5.41, 5.74) is 1.49. The molecule has 0 radical (unpaired) electrons. The molecule has 0 atom stereocenters. The number of ether oxygens (including phenoxy) is 2. The highest BCUT2D eigenvalue weighted by Crippen LogP contribution is 2.20. The Bertz CT molecular complexity index is 680. The minimum Gasteiger partial charge on any atom is -0.493 e. The quantitative estimate of drug-likeness (QED) is 0.829. The topological polar surface area (TPSA) is 64.6 Å². The number of amides is 1. The van der Waals surface area contributed by atoms with Crippen molar-refractivity contribution in [1.29, 1.82) is 0 Å². The zero-order valence-electron chi connectivity index (χ0n) is 13.2. The maximum Gasteiger partial charge on any atom is 0.337 e. The Labute approximate surface area is 135 Å². The maximum atomic E-state index is 12.4. The van der Waals surface area contributed by atoms with Gasteiger partial charge in [-0.2, -0.15) is 0 Å². The molecule has 0 fully saturated rings. The normalized spacial score (nSPS) is 10.0. The highest BCUT2D eigenvalue weighted by Gasteiger charge is 2.12. The second-order valence-electron chi connectivity index (χ2n) is 4.87. The highest BCUT2D eigenvalue weighted by atomic mass is 16.5. The summed E-state index contributed by atoms with van der Waals surface area (Å²) in [4.78, 5) is 23.8. The van der Waals surface area contributed by atoms with Crippen molar-refractivity contribution in [3.63, 3.8) is 0 Å². The third-order valence-electron chi connectivity index (χ3n) is 3.16. The van der Waals surface area contributed by atoms with Crippen LogP contribution < -0.4 is 10.1 Å². The molecule has 1 N–H and O–H groups in total. The van der Waals surface area contributed by atoms with Gasteiger partial charge in [0.05, 0.1) is 24.8 Å². The number of nitrogens with one attached hydrogen (secondary N) is 1. The third-order valence-corrected chi connectivity index (χ3v) is 3.16. The first-order chi connectivity index (χ1) is 11.2. The van der Waals surface area contributed by atoms with Crippen molar-refractivity contribution in [2.75, 3.05) is 19.0 Å². The second-order valence-corrected chi connectivity index (χ2v) is 4.87. The molecule has 0 aliphatic carbocycles. The molecule has 0 saturated heterocycles. The molecule has 0 heterocycles. The van der Waals surface area contributed by atoms with Crippen LogP contribution >= 0.6 is 0 Å². The lowest BCUT2D eigenvalue weighted by Gasteiger charge is -2.11. The predicted octanol–water partition coefficient (Wildman–Crippen LogP) is 3.51. The van der Waals surface area contributed by atoms with E-state index < -0.39 is 5.97 Å². The van der Waals surface area contributed by atoms with Crippen LogP contribution in [0.25, 0.3) is 0 Å². The van der Waals surface area contributed by atoms with E-state index in [0.29, 0.717) is 29.2 Å². The van der Waals surface area contributed by atoms with Crippen LogP contribution in [-0.2, 0) is 4.74 Å². The molecule has 5 heteroatoms. The van der Waals surface area contributed by atoms with Crippen molar-refractivity contribution in [3.05, 3.63) is 59.7 Å². The van der Waals surface area contributed by atoms with E-state index >= 15 is 0 Å². The largest absolute Gasteiger partial charge is 0.493 e. The van der Waals surface area contributed by atoms with Gasteiger partial charge in [0.1, 0.15) is 5.75 Å². The molecular formula is C18H19NO4. The lowest BCUT2D eigenvalue weighted by Crippen LogP contribution is -2.14. The van der Waals surface area contributed by atoms with Gasteiger partial charge in [0, 0.05) is 5.69 Å².